The van der Waals surface area contributed by atoms with Crippen molar-refractivity contribution in [3.05, 3.63) is 0 Å². The van der Waals surface area contributed by atoms with E-state index in [9.17, 15) is 50.8 Å². The van der Waals surface area contributed by atoms with Crippen LogP contribution in [0.1, 0.15) is 201 Å². The molecule has 0 aromatic rings. The summed E-state index contributed by atoms with van der Waals surface area (Å²) >= 11 is 0. The molecule has 14 heteroatoms. The third kappa shape index (κ3) is 19.6. The van der Waals surface area contributed by atoms with Crippen molar-refractivity contribution in [3.8, 4) is 0 Å². The van der Waals surface area contributed by atoms with E-state index in [2.05, 4.69) is 13.8 Å². The Labute approximate surface area is 381 Å². The number of rotatable bonds is 38. The lowest BCUT2D eigenvalue weighted by molar-refractivity contribution is -0.355. The second kappa shape index (κ2) is 33.5. The van der Waals surface area contributed by atoms with Gasteiger partial charge in [0.15, 0.2) is 5.60 Å². The maximum absolute atomic E-state index is 14.0. The highest BCUT2D eigenvalue weighted by atomic mass is 16.6. The minimum atomic E-state index is -2.80. The summed E-state index contributed by atoms with van der Waals surface area (Å²) in [5.74, 6) is -0.391. The van der Waals surface area contributed by atoms with Crippen LogP contribution in [0.2, 0.25) is 0 Å². The molecule has 2 unspecified atom stereocenters. The van der Waals surface area contributed by atoms with Gasteiger partial charge in [0, 0.05) is 19.6 Å². The number of ether oxygens (including phenoxy) is 3. The average molecular weight is 906 g/mol. The molecule has 2 heterocycles. The van der Waals surface area contributed by atoms with Gasteiger partial charge in [-0.15, -0.1) is 0 Å². The van der Waals surface area contributed by atoms with Crippen molar-refractivity contribution in [2.24, 2.45) is 0 Å². The highest BCUT2D eigenvalue weighted by Crippen LogP contribution is 2.42. The van der Waals surface area contributed by atoms with Crippen molar-refractivity contribution < 1.29 is 65.0 Å². The first-order chi connectivity index (χ1) is 30.3. The lowest BCUT2D eigenvalue weighted by Crippen LogP contribution is -2.81. The second-order valence-corrected chi connectivity index (χ2v) is 19.1. The van der Waals surface area contributed by atoms with Gasteiger partial charge < -0.3 is 65.1 Å². The molecule has 0 bridgehead atoms. The monoisotopic (exact) mass is 906 g/mol. The number of carbonyl (C=O) groups is 1. The molecule has 0 spiro atoms. The summed E-state index contributed by atoms with van der Waals surface area (Å²) in [5.41, 5.74) is -5.25. The van der Waals surface area contributed by atoms with E-state index in [0.29, 0.717) is 13.0 Å². The van der Waals surface area contributed by atoms with Gasteiger partial charge in [-0.2, -0.15) is 0 Å². The molecule has 11 atom stereocenters. The Morgan fingerprint density at radius 2 is 1.10 bits per heavy atom. The molecule has 2 aliphatic rings. The summed E-state index contributed by atoms with van der Waals surface area (Å²) in [5, 5.41) is 99.4. The van der Waals surface area contributed by atoms with Crippen LogP contribution in [-0.4, -0.2) is 162 Å². The summed E-state index contributed by atoms with van der Waals surface area (Å²) in [6, 6.07) is -1.29. The summed E-state index contributed by atoms with van der Waals surface area (Å²) in [7, 11) is 0. The smallest absolute Gasteiger partial charge is 0.223 e. The number of amides is 1. The Balaban J connectivity index is 1.99. The summed E-state index contributed by atoms with van der Waals surface area (Å²) < 4.78 is 17.2. The van der Waals surface area contributed by atoms with Gasteiger partial charge in [-0.1, -0.05) is 174 Å². The van der Waals surface area contributed by atoms with E-state index in [1.54, 1.807) is 0 Å². The van der Waals surface area contributed by atoms with E-state index in [0.717, 1.165) is 44.9 Å². The Bertz CT molecular complexity index is 1140. The van der Waals surface area contributed by atoms with Crippen LogP contribution in [0.15, 0.2) is 0 Å². The summed E-state index contributed by atoms with van der Waals surface area (Å²) in [6.45, 7) is 3.69. The van der Waals surface area contributed by atoms with Crippen LogP contribution < -0.4 is 0 Å². The van der Waals surface area contributed by atoms with Crippen molar-refractivity contribution >= 4 is 5.91 Å². The highest BCUT2D eigenvalue weighted by molar-refractivity contribution is 5.76. The first-order valence-corrected chi connectivity index (χ1v) is 25.6. The van der Waals surface area contributed by atoms with Crippen molar-refractivity contribution in [3.63, 3.8) is 0 Å². The van der Waals surface area contributed by atoms with Crippen molar-refractivity contribution in [2.45, 2.75) is 267 Å². The molecule has 2 rings (SSSR count). The molecule has 9 N–H and O–H groups in total. The molecule has 1 amide bonds. The Morgan fingerprint density at radius 1 is 0.651 bits per heavy atom. The van der Waals surface area contributed by atoms with E-state index < -0.39 is 91.8 Å². The molecular weight excluding hydrogens is 811 g/mol. The predicted molar refractivity (Wildman–Crippen MR) is 245 cm³/mol. The van der Waals surface area contributed by atoms with E-state index in [4.69, 9.17) is 14.2 Å². The first-order valence-electron chi connectivity index (χ1n) is 25.6. The van der Waals surface area contributed by atoms with Crippen LogP contribution >= 0.6 is 0 Å². The van der Waals surface area contributed by atoms with Crippen LogP contribution in [0.5, 0.6) is 0 Å². The minimum absolute atomic E-state index is 0.0629. The number of carbonyl (C=O) groups excluding carboxylic acids is 1. The van der Waals surface area contributed by atoms with Gasteiger partial charge >= 0.3 is 0 Å². The van der Waals surface area contributed by atoms with E-state index in [1.807, 2.05) is 0 Å². The standard InChI is InChI=1S/C49H95NO13/c1-4-6-8-10-12-14-16-18-20-22-24-26-28-30-32-61-36-39(53)33-50(42(54)31-29-27-25-23-21-19-17-15-13-11-9-7-5-2)38(3)48(59)37-62-41(35-52)49(60,47(48)58)46-45(57)44(56)43(55)40(34-51)63-46/h38-41,43-47,51-53,55-60H,4-37H2,1-3H3/t38?,39?,40-,41-,43+,44+,45-,46-,47-,48+,49+/m1/s1. The fourth-order valence-electron chi connectivity index (χ4n) is 9.47. The second-order valence-electron chi connectivity index (χ2n) is 19.1. The van der Waals surface area contributed by atoms with Crippen LogP contribution in [0.3, 0.4) is 0 Å². The van der Waals surface area contributed by atoms with Gasteiger partial charge in [0.1, 0.15) is 48.3 Å². The molecule has 14 nitrogen and oxygen atoms in total. The molecule has 0 aliphatic carbocycles. The maximum Gasteiger partial charge on any atom is 0.223 e. The molecule has 0 radical (unpaired) electrons. The Morgan fingerprint density at radius 3 is 1.54 bits per heavy atom. The van der Waals surface area contributed by atoms with Crippen LogP contribution in [0.25, 0.3) is 0 Å². The van der Waals surface area contributed by atoms with Gasteiger partial charge in [-0.25, -0.2) is 0 Å². The quantitative estimate of drug-likeness (QED) is 0.0344. The number of hydrogen-bond acceptors (Lipinski definition) is 13. The van der Waals surface area contributed by atoms with Gasteiger partial charge in [0.25, 0.3) is 0 Å². The summed E-state index contributed by atoms with van der Waals surface area (Å²) in [6.07, 6.45) is 18.1. The fraction of sp³-hybridized carbons (Fsp3) is 0.980. The summed E-state index contributed by atoms with van der Waals surface area (Å²) in [4.78, 5) is 15.3. The molecule has 63 heavy (non-hydrogen) atoms. The van der Waals surface area contributed by atoms with Gasteiger partial charge in [-0.3, -0.25) is 4.79 Å². The van der Waals surface area contributed by atoms with Crippen molar-refractivity contribution in [1.29, 1.82) is 0 Å². The zero-order valence-electron chi connectivity index (χ0n) is 39.8. The SMILES string of the molecule is CCCCCCCCCCCCCCCCOCC(O)CN(C(=O)CCCCCCCCCCCCCCC)C(C)[C@@]1(O)CO[C@H](CO)[C@](O)([C@@H]2O[C@H](CO)[C@H](O)[C@H](O)[C@H]2O)[C@@H]1O. The lowest BCUT2D eigenvalue weighted by atomic mass is 9.69. The molecule has 374 valence electrons. The zero-order valence-corrected chi connectivity index (χ0v) is 39.8. The number of nitrogens with zero attached hydrogens (tertiary/aromatic N) is 1. The third-order valence-electron chi connectivity index (χ3n) is 13.8. The first kappa shape index (κ1) is 58.1. The molecule has 2 aliphatic heterocycles. The molecule has 0 aromatic heterocycles. The average Bonchev–Trinajstić information content (AvgIpc) is 3.27. The topological polar surface area (TPSA) is 230 Å². The van der Waals surface area contributed by atoms with Crippen LogP contribution in [0.4, 0.5) is 0 Å². The number of aliphatic hydroxyl groups is 9. The number of hydrogen-bond donors (Lipinski definition) is 9. The van der Waals surface area contributed by atoms with Gasteiger partial charge in [0.05, 0.1) is 38.6 Å². The molecule has 0 saturated carbocycles. The van der Waals surface area contributed by atoms with Crippen LogP contribution in [-0.2, 0) is 19.0 Å². The zero-order chi connectivity index (χ0) is 46.5. The maximum atomic E-state index is 14.0. The van der Waals surface area contributed by atoms with Crippen LogP contribution in [0, 0.1) is 0 Å². The number of unbranched alkanes of at least 4 members (excludes halogenated alkanes) is 25. The van der Waals surface area contributed by atoms with Crippen molar-refractivity contribution in [1.82, 2.24) is 4.90 Å². The van der Waals surface area contributed by atoms with Gasteiger partial charge in [0.2, 0.25) is 5.91 Å². The third-order valence-corrected chi connectivity index (χ3v) is 13.8. The molecule has 2 saturated heterocycles. The van der Waals surface area contributed by atoms with Crippen molar-refractivity contribution in [2.75, 3.05) is 39.6 Å². The number of aliphatic hydroxyl groups excluding tert-OH is 7. The molecule has 2 fully saturated rings. The van der Waals surface area contributed by atoms with E-state index in [1.165, 1.54) is 134 Å². The molecule has 0 aromatic carbocycles. The van der Waals surface area contributed by atoms with E-state index in [-0.39, 0.29) is 19.6 Å². The van der Waals surface area contributed by atoms with Gasteiger partial charge in [-0.05, 0) is 19.8 Å². The highest BCUT2D eigenvalue weighted by Gasteiger charge is 2.67. The minimum Gasteiger partial charge on any atom is -0.394 e. The normalized spacial score (nSPS) is 28.6. The largest absolute Gasteiger partial charge is 0.394 e. The predicted octanol–water partition coefficient (Wildman–Crippen LogP) is 5.60. The fourth-order valence-corrected chi connectivity index (χ4v) is 9.47. The van der Waals surface area contributed by atoms with E-state index >= 15 is 0 Å². The lowest BCUT2D eigenvalue weighted by Gasteiger charge is -2.58. The Hall–Kier alpha value is -1.01. The molecular formula is C49H95NO13. The Kier molecular flexibility index (Phi) is 30.9.